The Balaban J connectivity index is 1.86. The molecule has 4 nitrogen and oxygen atoms in total. The van der Waals surface area contributed by atoms with Crippen LogP contribution in [0.3, 0.4) is 0 Å². The Morgan fingerprint density at radius 2 is 1.85 bits per heavy atom. The third kappa shape index (κ3) is 2.36. The van der Waals surface area contributed by atoms with Crippen molar-refractivity contribution < 1.29 is 9.21 Å². The molecule has 3 rings (SSSR count). The lowest BCUT2D eigenvalue weighted by atomic mass is 10.2. The molecule has 0 aliphatic rings. The molecule has 1 amide bonds. The Labute approximate surface area is 116 Å². The van der Waals surface area contributed by atoms with Gasteiger partial charge in [-0.25, -0.2) is 0 Å². The number of fused-ring (bicyclic) bond motifs is 1. The van der Waals surface area contributed by atoms with Gasteiger partial charge < -0.3 is 15.5 Å². The average molecular weight is 266 g/mol. The molecule has 0 atom stereocenters. The number of nitrogens with two attached hydrogens (primary N) is 1. The number of carbonyl (C=O) groups excluding carboxylic acids is 1. The van der Waals surface area contributed by atoms with Gasteiger partial charge in [0.1, 0.15) is 5.58 Å². The van der Waals surface area contributed by atoms with Crippen molar-refractivity contribution in [2.75, 3.05) is 11.1 Å². The molecule has 0 aliphatic carbocycles. The Morgan fingerprint density at radius 3 is 2.60 bits per heavy atom. The van der Waals surface area contributed by atoms with Crippen LogP contribution in [0.4, 0.5) is 11.4 Å². The Hall–Kier alpha value is -2.75. The lowest BCUT2D eigenvalue weighted by Crippen LogP contribution is -2.10. The minimum atomic E-state index is -0.274. The summed E-state index contributed by atoms with van der Waals surface area (Å²) in [4.78, 5) is 12.1. The van der Waals surface area contributed by atoms with Crippen molar-refractivity contribution in [3.05, 3.63) is 59.9 Å². The van der Waals surface area contributed by atoms with Crippen LogP contribution in [-0.4, -0.2) is 5.91 Å². The lowest BCUT2D eigenvalue weighted by Gasteiger charge is -2.02. The molecule has 1 heterocycles. The van der Waals surface area contributed by atoms with Crippen molar-refractivity contribution in [1.29, 1.82) is 0 Å². The van der Waals surface area contributed by atoms with Crippen LogP contribution in [0, 0.1) is 6.92 Å². The first-order chi connectivity index (χ1) is 9.61. The minimum Gasteiger partial charge on any atom is -0.451 e. The van der Waals surface area contributed by atoms with E-state index < -0.39 is 0 Å². The molecule has 0 bridgehead atoms. The number of amides is 1. The Kier molecular flexibility index (Phi) is 2.91. The van der Waals surface area contributed by atoms with Gasteiger partial charge in [0.25, 0.3) is 5.91 Å². The summed E-state index contributed by atoms with van der Waals surface area (Å²) in [7, 11) is 0. The van der Waals surface area contributed by atoms with Gasteiger partial charge in [-0.1, -0.05) is 17.7 Å². The normalized spacial score (nSPS) is 10.7. The zero-order valence-corrected chi connectivity index (χ0v) is 11.0. The van der Waals surface area contributed by atoms with Gasteiger partial charge in [-0.2, -0.15) is 0 Å². The van der Waals surface area contributed by atoms with E-state index in [1.165, 1.54) is 0 Å². The molecule has 0 radical (unpaired) electrons. The van der Waals surface area contributed by atoms with Gasteiger partial charge in [0, 0.05) is 16.8 Å². The second-order valence-electron chi connectivity index (χ2n) is 4.73. The molecular weight excluding hydrogens is 252 g/mol. The number of hydrogen-bond acceptors (Lipinski definition) is 3. The second-order valence-corrected chi connectivity index (χ2v) is 4.73. The quantitative estimate of drug-likeness (QED) is 0.697. The highest BCUT2D eigenvalue weighted by Crippen LogP contribution is 2.22. The number of hydrogen-bond donors (Lipinski definition) is 2. The number of anilines is 2. The van der Waals surface area contributed by atoms with Crippen LogP contribution in [0.5, 0.6) is 0 Å². The van der Waals surface area contributed by atoms with E-state index in [1.54, 1.807) is 24.3 Å². The van der Waals surface area contributed by atoms with Crippen LogP contribution in [0.15, 0.2) is 52.9 Å². The summed E-state index contributed by atoms with van der Waals surface area (Å²) in [5.41, 5.74) is 8.87. The first-order valence-electron chi connectivity index (χ1n) is 6.29. The molecule has 0 saturated carbocycles. The molecule has 0 spiro atoms. The van der Waals surface area contributed by atoms with Crippen LogP contribution >= 0.6 is 0 Å². The van der Waals surface area contributed by atoms with E-state index in [0.29, 0.717) is 11.3 Å². The van der Waals surface area contributed by atoms with Crippen molar-refractivity contribution in [2.45, 2.75) is 6.92 Å². The third-order valence-corrected chi connectivity index (χ3v) is 3.07. The molecule has 0 saturated heterocycles. The lowest BCUT2D eigenvalue weighted by molar-refractivity contribution is 0.0998. The minimum absolute atomic E-state index is 0.270. The van der Waals surface area contributed by atoms with E-state index in [2.05, 4.69) is 5.32 Å². The van der Waals surface area contributed by atoms with Gasteiger partial charge in [0.2, 0.25) is 0 Å². The van der Waals surface area contributed by atoms with Crippen molar-refractivity contribution >= 4 is 28.3 Å². The predicted molar refractivity (Wildman–Crippen MR) is 79.8 cm³/mol. The number of rotatable bonds is 2. The van der Waals surface area contributed by atoms with E-state index >= 15 is 0 Å². The van der Waals surface area contributed by atoms with E-state index in [1.807, 2.05) is 31.2 Å². The molecule has 20 heavy (non-hydrogen) atoms. The number of nitrogen functional groups attached to an aromatic ring is 1. The molecule has 0 fully saturated rings. The summed E-state index contributed by atoms with van der Waals surface area (Å²) in [6, 6.07) is 14.6. The number of aryl methyl sites for hydroxylation is 1. The van der Waals surface area contributed by atoms with E-state index in [-0.39, 0.29) is 11.7 Å². The molecule has 100 valence electrons. The Bertz CT molecular complexity index is 773. The highest BCUT2D eigenvalue weighted by Gasteiger charge is 2.12. The summed E-state index contributed by atoms with van der Waals surface area (Å²) in [6.07, 6.45) is 0. The molecular formula is C16H14N2O2. The maximum absolute atomic E-state index is 12.1. The predicted octanol–water partition coefficient (Wildman–Crippen LogP) is 3.58. The molecule has 3 aromatic rings. The summed E-state index contributed by atoms with van der Waals surface area (Å²) >= 11 is 0. The maximum Gasteiger partial charge on any atom is 0.291 e. The molecule has 0 unspecified atom stereocenters. The van der Waals surface area contributed by atoms with E-state index in [9.17, 15) is 4.79 Å². The number of nitrogens with one attached hydrogen (secondary N) is 1. The molecule has 4 heteroatoms. The van der Waals surface area contributed by atoms with Gasteiger partial charge in [0.05, 0.1) is 0 Å². The molecule has 2 aromatic carbocycles. The smallest absolute Gasteiger partial charge is 0.291 e. The number of carbonyl (C=O) groups is 1. The van der Waals surface area contributed by atoms with Crippen molar-refractivity contribution in [1.82, 2.24) is 0 Å². The van der Waals surface area contributed by atoms with Gasteiger partial charge in [-0.3, -0.25) is 4.79 Å². The fourth-order valence-electron chi connectivity index (χ4n) is 2.00. The van der Waals surface area contributed by atoms with E-state index in [0.717, 1.165) is 16.6 Å². The van der Waals surface area contributed by atoms with Crippen LogP contribution in [0.25, 0.3) is 11.0 Å². The average Bonchev–Trinajstić information content (AvgIpc) is 2.84. The number of benzene rings is 2. The zero-order chi connectivity index (χ0) is 14.1. The fraction of sp³-hybridized carbons (Fsp3) is 0.0625. The van der Waals surface area contributed by atoms with Gasteiger partial charge in [0.15, 0.2) is 5.76 Å². The summed E-state index contributed by atoms with van der Waals surface area (Å²) in [5.74, 6) is -0.00482. The first-order valence-corrected chi connectivity index (χ1v) is 6.29. The molecule has 1 aromatic heterocycles. The maximum atomic E-state index is 12.1. The largest absolute Gasteiger partial charge is 0.451 e. The molecule has 3 N–H and O–H groups in total. The van der Waals surface area contributed by atoms with Gasteiger partial charge in [-0.05, 0) is 43.3 Å². The fourth-order valence-corrected chi connectivity index (χ4v) is 2.00. The van der Waals surface area contributed by atoms with Crippen LogP contribution < -0.4 is 11.1 Å². The highest BCUT2D eigenvalue weighted by molar-refractivity contribution is 6.04. The van der Waals surface area contributed by atoms with Crippen LogP contribution in [0.1, 0.15) is 16.1 Å². The van der Waals surface area contributed by atoms with Crippen molar-refractivity contribution in [2.24, 2.45) is 0 Å². The summed E-state index contributed by atoms with van der Waals surface area (Å²) in [6.45, 7) is 2.00. The van der Waals surface area contributed by atoms with Crippen LogP contribution in [-0.2, 0) is 0 Å². The second kappa shape index (κ2) is 4.74. The van der Waals surface area contributed by atoms with Gasteiger partial charge in [-0.15, -0.1) is 0 Å². The Morgan fingerprint density at radius 1 is 1.10 bits per heavy atom. The van der Waals surface area contributed by atoms with Gasteiger partial charge >= 0.3 is 0 Å². The van der Waals surface area contributed by atoms with E-state index in [4.69, 9.17) is 10.2 Å². The topological polar surface area (TPSA) is 68.3 Å². The van der Waals surface area contributed by atoms with Crippen LogP contribution in [0.2, 0.25) is 0 Å². The standard InChI is InChI=1S/C16H14N2O2/c1-10-2-5-13(6-3-10)18-16(19)15-9-11-8-12(17)4-7-14(11)20-15/h2-9H,17H2,1H3,(H,18,19). The third-order valence-electron chi connectivity index (χ3n) is 3.07. The SMILES string of the molecule is Cc1ccc(NC(=O)c2cc3cc(N)ccc3o2)cc1. The number of furan rings is 1. The van der Waals surface area contributed by atoms with Crippen molar-refractivity contribution in [3.63, 3.8) is 0 Å². The summed E-state index contributed by atoms with van der Waals surface area (Å²) in [5, 5.41) is 3.62. The molecule has 0 aliphatic heterocycles. The van der Waals surface area contributed by atoms with Crippen molar-refractivity contribution in [3.8, 4) is 0 Å². The monoisotopic (exact) mass is 266 g/mol. The zero-order valence-electron chi connectivity index (χ0n) is 11.0. The summed E-state index contributed by atoms with van der Waals surface area (Å²) < 4.78 is 5.51. The highest BCUT2D eigenvalue weighted by atomic mass is 16.3. The first kappa shape index (κ1) is 12.3.